The molecule has 3 rings (SSSR count). The van der Waals surface area contributed by atoms with Crippen LogP contribution in [0.4, 0.5) is 0 Å². The van der Waals surface area contributed by atoms with Gasteiger partial charge in [0.25, 0.3) is 11.8 Å². The lowest BCUT2D eigenvalue weighted by molar-refractivity contribution is -0.136. The number of carbonyl (C=O) groups excluding carboxylic acids is 4. The lowest BCUT2D eigenvalue weighted by Gasteiger charge is -2.27. The van der Waals surface area contributed by atoms with Crippen LogP contribution in [0.2, 0.25) is 0 Å². The van der Waals surface area contributed by atoms with E-state index in [1.54, 1.807) is 0 Å². The summed E-state index contributed by atoms with van der Waals surface area (Å²) in [5.41, 5.74) is -0.227. The first kappa shape index (κ1) is 10.1. The number of ether oxygens (including phenoxy) is 1. The molecular weight excluding hydrogens is 276 g/mol. The van der Waals surface area contributed by atoms with Crippen LogP contribution >= 0.6 is 0 Å². The minimum Gasteiger partial charge on any atom is -0.496 e. The van der Waals surface area contributed by atoms with Crippen LogP contribution in [0.1, 0.15) is 37.7 Å². The van der Waals surface area contributed by atoms with Crippen molar-refractivity contribution in [1.29, 1.82) is 0 Å². The van der Waals surface area contributed by atoms with Gasteiger partial charge in [-0.25, -0.2) is 0 Å². The molecule has 21 heavy (non-hydrogen) atoms. The summed E-state index contributed by atoms with van der Waals surface area (Å²) in [6.45, 7) is 0. The molecule has 1 atom stereocenters. The van der Waals surface area contributed by atoms with Crippen LogP contribution in [0.5, 0.6) is 5.75 Å². The summed E-state index contributed by atoms with van der Waals surface area (Å²) in [7, 11) is -2.79. The first-order valence-corrected chi connectivity index (χ1v) is 6.22. The molecule has 108 valence electrons. The van der Waals surface area contributed by atoms with Gasteiger partial charge in [-0.3, -0.25) is 29.4 Å². The molecule has 2 heterocycles. The van der Waals surface area contributed by atoms with E-state index in [0.29, 0.717) is 0 Å². The van der Waals surface area contributed by atoms with Crippen molar-refractivity contribution in [2.24, 2.45) is 0 Å². The van der Waals surface area contributed by atoms with E-state index in [-0.39, 0.29) is 29.7 Å². The van der Waals surface area contributed by atoms with Gasteiger partial charge in [-0.1, -0.05) is 6.07 Å². The number of carbonyl (C=O) groups is 4. The van der Waals surface area contributed by atoms with E-state index in [4.69, 9.17) is 8.85 Å². The maximum absolute atomic E-state index is 12.6. The summed E-state index contributed by atoms with van der Waals surface area (Å²) in [6, 6.07) is 2.90. The predicted molar refractivity (Wildman–Crippen MR) is 69.7 cm³/mol. The fraction of sp³-hybridized carbons (Fsp3) is 0.286. The Kier molecular flexibility index (Phi) is 2.25. The smallest absolute Gasteiger partial charge is 0.266 e. The summed E-state index contributed by atoms with van der Waals surface area (Å²) in [5.74, 6) is -3.00. The van der Waals surface area contributed by atoms with Crippen LogP contribution in [-0.4, -0.2) is 41.6 Å². The molecule has 0 aromatic heterocycles. The minimum absolute atomic E-state index is 0.00242. The maximum atomic E-state index is 12.6. The van der Waals surface area contributed by atoms with Crippen molar-refractivity contribution >= 4 is 23.6 Å². The monoisotopic (exact) mass is 291 g/mol. The van der Waals surface area contributed by atoms with Gasteiger partial charge in [0.1, 0.15) is 11.8 Å². The van der Waals surface area contributed by atoms with Gasteiger partial charge in [-0.15, -0.1) is 0 Å². The number of methoxy groups -OCH3 is 1. The number of nitrogens with one attached hydrogen (secondary N) is 1. The van der Waals surface area contributed by atoms with Crippen LogP contribution in [-0.2, 0) is 9.59 Å². The number of amides is 4. The SMILES string of the molecule is [2H]C([2H])([2H])Oc1cccc2c1C(=O)N(C1CCC(=O)NC1=O)C2=O. The molecule has 4 amide bonds. The Labute approximate surface area is 124 Å². The summed E-state index contributed by atoms with van der Waals surface area (Å²) in [6.07, 6.45) is 0.0219. The van der Waals surface area contributed by atoms with E-state index in [9.17, 15) is 19.2 Å². The van der Waals surface area contributed by atoms with Gasteiger partial charge >= 0.3 is 0 Å². The van der Waals surface area contributed by atoms with Gasteiger partial charge in [0.05, 0.1) is 22.3 Å². The number of hydrogen-bond acceptors (Lipinski definition) is 5. The normalized spacial score (nSPS) is 24.1. The van der Waals surface area contributed by atoms with E-state index < -0.39 is 36.7 Å². The van der Waals surface area contributed by atoms with Gasteiger partial charge < -0.3 is 4.74 Å². The van der Waals surface area contributed by atoms with Crippen molar-refractivity contribution in [3.63, 3.8) is 0 Å². The van der Waals surface area contributed by atoms with Crippen LogP contribution in [0.3, 0.4) is 0 Å². The van der Waals surface area contributed by atoms with Gasteiger partial charge in [0.15, 0.2) is 0 Å². The second kappa shape index (κ2) is 4.69. The highest BCUT2D eigenvalue weighted by molar-refractivity contribution is 6.24. The molecule has 1 aromatic carbocycles. The average Bonchev–Trinajstić information content (AvgIpc) is 2.71. The van der Waals surface area contributed by atoms with E-state index in [1.165, 1.54) is 18.2 Å². The van der Waals surface area contributed by atoms with Crippen molar-refractivity contribution in [2.75, 3.05) is 7.04 Å². The van der Waals surface area contributed by atoms with Crippen LogP contribution < -0.4 is 10.1 Å². The second-order valence-electron chi connectivity index (χ2n) is 4.73. The highest BCUT2D eigenvalue weighted by Gasteiger charge is 2.45. The summed E-state index contributed by atoms with van der Waals surface area (Å²) < 4.78 is 26.2. The third-order valence-electron chi connectivity index (χ3n) is 3.54. The van der Waals surface area contributed by atoms with Crippen molar-refractivity contribution in [3.05, 3.63) is 29.3 Å². The fourth-order valence-corrected chi connectivity index (χ4v) is 2.57. The molecule has 0 radical (unpaired) electrons. The zero-order chi connectivity index (χ0) is 17.6. The van der Waals surface area contributed by atoms with Crippen LogP contribution in [0.15, 0.2) is 18.2 Å². The Balaban J connectivity index is 1.98. The molecule has 1 saturated heterocycles. The standard InChI is InChI=1S/C14H12N2O5/c1-21-9-4-2-3-7-11(9)14(20)16(13(7)19)8-5-6-10(17)15-12(8)18/h2-4,8H,5-6H2,1H3,(H,15,17,18)/i1D3. The van der Waals surface area contributed by atoms with E-state index >= 15 is 0 Å². The third kappa shape index (κ3) is 1.89. The molecule has 2 aliphatic rings. The Bertz CT molecular complexity index is 774. The number of benzene rings is 1. The number of fused-ring (bicyclic) bond motifs is 1. The first-order chi connectivity index (χ1) is 11.2. The van der Waals surface area contributed by atoms with E-state index in [0.717, 1.165) is 4.90 Å². The molecule has 0 spiro atoms. The van der Waals surface area contributed by atoms with Gasteiger partial charge in [-0.2, -0.15) is 0 Å². The van der Waals surface area contributed by atoms with Gasteiger partial charge in [0.2, 0.25) is 11.8 Å². The van der Waals surface area contributed by atoms with Gasteiger partial charge in [0, 0.05) is 6.42 Å². The minimum atomic E-state index is -2.79. The number of nitrogens with zero attached hydrogens (tertiary/aromatic N) is 1. The van der Waals surface area contributed by atoms with E-state index in [2.05, 4.69) is 5.32 Å². The number of imide groups is 2. The molecular formula is C14H12N2O5. The molecule has 7 nitrogen and oxygen atoms in total. The molecule has 0 saturated carbocycles. The Morgan fingerprint density at radius 3 is 2.81 bits per heavy atom. The van der Waals surface area contributed by atoms with Crippen LogP contribution in [0.25, 0.3) is 0 Å². The zero-order valence-electron chi connectivity index (χ0n) is 13.7. The maximum Gasteiger partial charge on any atom is 0.266 e. The Morgan fingerprint density at radius 2 is 2.10 bits per heavy atom. The second-order valence-corrected chi connectivity index (χ2v) is 4.73. The van der Waals surface area contributed by atoms with Crippen molar-refractivity contribution in [1.82, 2.24) is 10.2 Å². The van der Waals surface area contributed by atoms with Crippen LogP contribution in [0, 0.1) is 0 Å². The summed E-state index contributed by atoms with van der Waals surface area (Å²) >= 11 is 0. The largest absolute Gasteiger partial charge is 0.496 e. The van der Waals surface area contributed by atoms with Crippen molar-refractivity contribution < 1.29 is 28.0 Å². The zero-order valence-corrected chi connectivity index (χ0v) is 10.7. The molecule has 7 heteroatoms. The Hall–Kier alpha value is -2.70. The number of piperidine rings is 1. The summed E-state index contributed by atoms with van der Waals surface area (Å²) in [5, 5.41) is 2.08. The molecule has 0 bridgehead atoms. The number of rotatable bonds is 2. The molecule has 1 aromatic rings. The lowest BCUT2D eigenvalue weighted by Crippen LogP contribution is -2.54. The van der Waals surface area contributed by atoms with E-state index in [1.807, 2.05) is 0 Å². The number of hydrogen-bond donors (Lipinski definition) is 1. The lowest BCUT2D eigenvalue weighted by atomic mass is 10.0. The highest BCUT2D eigenvalue weighted by Crippen LogP contribution is 2.33. The van der Waals surface area contributed by atoms with Crippen molar-refractivity contribution in [3.8, 4) is 5.75 Å². The Morgan fingerprint density at radius 1 is 1.29 bits per heavy atom. The molecule has 1 fully saturated rings. The van der Waals surface area contributed by atoms with Crippen molar-refractivity contribution in [2.45, 2.75) is 18.9 Å². The third-order valence-corrected chi connectivity index (χ3v) is 3.54. The summed E-state index contributed by atoms with van der Waals surface area (Å²) in [4.78, 5) is 49.0. The average molecular weight is 291 g/mol. The fourth-order valence-electron chi connectivity index (χ4n) is 2.57. The quantitative estimate of drug-likeness (QED) is 0.780. The molecule has 1 unspecified atom stereocenters. The predicted octanol–water partition coefficient (Wildman–Crippen LogP) is 0.0964. The highest BCUT2D eigenvalue weighted by atomic mass is 16.5. The van der Waals surface area contributed by atoms with Gasteiger partial charge in [-0.05, 0) is 18.6 Å². The topological polar surface area (TPSA) is 92.8 Å². The molecule has 1 N–H and O–H groups in total. The molecule has 0 aliphatic carbocycles. The molecule has 2 aliphatic heterocycles. The first-order valence-electron chi connectivity index (χ1n) is 7.72.